The van der Waals surface area contributed by atoms with Crippen molar-refractivity contribution >= 4 is 22.1 Å². The Morgan fingerprint density at radius 2 is 2.00 bits per heavy atom. The summed E-state index contributed by atoms with van der Waals surface area (Å²) in [6, 6.07) is 6.75. The van der Waals surface area contributed by atoms with Crippen molar-refractivity contribution < 1.29 is 13.9 Å². The van der Waals surface area contributed by atoms with Gasteiger partial charge in [-0.05, 0) is 52.3 Å². The first kappa shape index (κ1) is 20.9. The largest absolute Gasteiger partial charge is 0.507 e. The van der Waals surface area contributed by atoms with Crippen molar-refractivity contribution in [3.8, 4) is 17.0 Å². The van der Waals surface area contributed by atoms with Gasteiger partial charge in [0.15, 0.2) is 17.1 Å². The van der Waals surface area contributed by atoms with Crippen molar-refractivity contribution in [3.05, 3.63) is 36.4 Å². The summed E-state index contributed by atoms with van der Waals surface area (Å²) in [5.74, 6) is 0.666. The molecular weight excluding hydrogens is 409 g/mol. The smallest absolute Gasteiger partial charge is 0.195 e. The first-order chi connectivity index (χ1) is 15.1. The third kappa shape index (κ3) is 3.33. The van der Waals surface area contributed by atoms with E-state index in [0.717, 1.165) is 5.39 Å². The zero-order valence-electron chi connectivity index (χ0n) is 19.0. The zero-order valence-corrected chi connectivity index (χ0v) is 19.0. The number of phenols is 1. The van der Waals surface area contributed by atoms with E-state index >= 15 is 4.39 Å². The maximum atomic E-state index is 15.5. The number of benzene rings is 1. The molecule has 8 heteroatoms. The van der Waals surface area contributed by atoms with Gasteiger partial charge in [0.2, 0.25) is 0 Å². The van der Waals surface area contributed by atoms with E-state index in [9.17, 15) is 5.11 Å². The Bertz CT molecular complexity index is 1320. The summed E-state index contributed by atoms with van der Waals surface area (Å²) in [4.78, 5) is 4.44. The number of aromatic nitrogens is 4. The standard InChI is InChI=1S/C24H28FN5O2/c1-6-20-26-16-10-14(18(31)11-19(16)32-20)15-9-13-7-8-30(22(13)28-27-15)17-12-23(2,3)29-24(4,5)21(17)25/h7-11,17,21,29,31H,6,12H2,1-5H3/t17-,21-/m0/s1. The van der Waals surface area contributed by atoms with Crippen LogP contribution in [0.2, 0.25) is 0 Å². The highest BCUT2D eigenvalue weighted by Crippen LogP contribution is 2.40. The summed E-state index contributed by atoms with van der Waals surface area (Å²) in [5.41, 5.74) is 2.01. The summed E-state index contributed by atoms with van der Waals surface area (Å²) in [6.07, 6.45) is 2.10. The van der Waals surface area contributed by atoms with Crippen LogP contribution in [0.4, 0.5) is 4.39 Å². The number of piperidine rings is 1. The lowest BCUT2D eigenvalue weighted by molar-refractivity contribution is 0.0313. The molecule has 1 aliphatic heterocycles. The summed E-state index contributed by atoms with van der Waals surface area (Å²) in [7, 11) is 0. The van der Waals surface area contributed by atoms with Crippen molar-refractivity contribution in [2.75, 3.05) is 0 Å². The summed E-state index contributed by atoms with van der Waals surface area (Å²) in [6.45, 7) is 9.94. The van der Waals surface area contributed by atoms with Crippen LogP contribution in [0.25, 0.3) is 33.4 Å². The molecule has 3 aromatic heterocycles. The van der Waals surface area contributed by atoms with Crippen LogP contribution in [0, 0.1) is 0 Å². The van der Waals surface area contributed by atoms with E-state index in [4.69, 9.17) is 4.42 Å². The SMILES string of the molecule is CCc1nc2cc(-c3cc4ccn([C@H]5CC(C)(C)NC(C)(C)[C@H]5F)c4nn3)c(O)cc2o1. The fraction of sp³-hybridized carbons (Fsp3) is 0.458. The van der Waals surface area contributed by atoms with E-state index in [1.54, 1.807) is 12.1 Å². The molecule has 1 aromatic carbocycles. The molecule has 1 aliphatic rings. The van der Waals surface area contributed by atoms with Crippen molar-refractivity contribution in [3.63, 3.8) is 0 Å². The molecule has 7 nitrogen and oxygen atoms in total. The molecule has 1 fully saturated rings. The van der Waals surface area contributed by atoms with Crippen LogP contribution < -0.4 is 5.32 Å². The van der Waals surface area contributed by atoms with Crippen LogP contribution >= 0.6 is 0 Å². The lowest BCUT2D eigenvalue weighted by atomic mass is 9.78. The molecular formula is C24H28FN5O2. The number of nitrogens with zero attached hydrogens (tertiary/aromatic N) is 4. The van der Waals surface area contributed by atoms with E-state index in [-0.39, 0.29) is 17.3 Å². The molecule has 0 unspecified atom stereocenters. The van der Waals surface area contributed by atoms with Gasteiger partial charge in [0, 0.05) is 40.7 Å². The summed E-state index contributed by atoms with van der Waals surface area (Å²) >= 11 is 0. The number of phenolic OH excluding ortho intramolecular Hbond substituents is 1. The lowest BCUT2D eigenvalue weighted by Gasteiger charge is -2.49. The number of fused-ring (bicyclic) bond motifs is 2. The second-order valence-corrected chi connectivity index (χ2v) is 9.93. The minimum absolute atomic E-state index is 0.0510. The maximum absolute atomic E-state index is 15.5. The van der Waals surface area contributed by atoms with Crippen LogP contribution in [0.15, 0.2) is 34.9 Å². The molecule has 0 radical (unpaired) electrons. The summed E-state index contributed by atoms with van der Waals surface area (Å²) in [5, 5.41) is 23.6. The van der Waals surface area contributed by atoms with Crippen LogP contribution in [-0.2, 0) is 6.42 Å². The predicted molar refractivity (Wildman–Crippen MR) is 121 cm³/mol. The molecule has 2 atom stereocenters. The van der Waals surface area contributed by atoms with Crippen LogP contribution in [0.5, 0.6) is 5.75 Å². The summed E-state index contributed by atoms with van der Waals surface area (Å²) < 4.78 is 23.0. The van der Waals surface area contributed by atoms with Crippen LogP contribution in [0.1, 0.15) is 53.0 Å². The first-order valence-corrected chi connectivity index (χ1v) is 11.0. The van der Waals surface area contributed by atoms with Crippen LogP contribution in [0.3, 0.4) is 0 Å². The topological polar surface area (TPSA) is 89.0 Å². The van der Waals surface area contributed by atoms with Gasteiger partial charge in [-0.3, -0.25) is 0 Å². The van der Waals surface area contributed by atoms with Gasteiger partial charge in [0.05, 0.1) is 11.7 Å². The number of hydrogen-bond donors (Lipinski definition) is 2. The second kappa shape index (κ2) is 7.00. The van der Waals surface area contributed by atoms with Gasteiger partial charge in [-0.25, -0.2) is 9.37 Å². The van der Waals surface area contributed by atoms with Gasteiger partial charge >= 0.3 is 0 Å². The van der Waals surface area contributed by atoms with Gasteiger partial charge in [-0.2, -0.15) is 0 Å². The van der Waals surface area contributed by atoms with Gasteiger partial charge in [0.1, 0.15) is 17.4 Å². The number of oxazole rings is 1. The average Bonchev–Trinajstić information content (AvgIpc) is 3.32. The van der Waals surface area contributed by atoms with E-state index in [2.05, 4.69) is 34.3 Å². The molecule has 168 valence electrons. The van der Waals surface area contributed by atoms with Crippen LogP contribution in [-0.4, -0.2) is 42.1 Å². The monoisotopic (exact) mass is 437 g/mol. The fourth-order valence-electron chi connectivity index (χ4n) is 5.06. The number of halogens is 1. The Morgan fingerprint density at radius 1 is 1.22 bits per heavy atom. The highest BCUT2D eigenvalue weighted by atomic mass is 19.1. The molecule has 0 saturated carbocycles. The van der Waals surface area contributed by atoms with E-state index in [1.165, 1.54) is 0 Å². The second-order valence-electron chi connectivity index (χ2n) is 9.93. The minimum Gasteiger partial charge on any atom is -0.507 e. The van der Waals surface area contributed by atoms with Gasteiger partial charge in [0.25, 0.3) is 0 Å². The maximum Gasteiger partial charge on any atom is 0.195 e. The highest BCUT2D eigenvalue weighted by Gasteiger charge is 2.47. The molecule has 2 N–H and O–H groups in total. The quantitative estimate of drug-likeness (QED) is 0.472. The Labute approximate surface area is 185 Å². The van der Waals surface area contributed by atoms with Crippen molar-refractivity contribution in [1.29, 1.82) is 0 Å². The van der Waals surface area contributed by atoms with Crippen molar-refractivity contribution in [2.24, 2.45) is 0 Å². The molecule has 4 heterocycles. The third-order valence-corrected chi connectivity index (χ3v) is 6.36. The molecule has 0 spiro atoms. The fourth-order valence-corrected chi connectivity index (χ4v) is 5.06. The van der Waals surface area contributed by atoms with Crippen molar-refractivity contribution in [1.82, 2.24) is 25.1 Å². The zero-order chi connectivity index (χ0) is 22.8. The normalized spacial score (nSPS) is 22.6. The number of nitrogens with one attached hydrogen (secondary N) is 1. The van der Waals surface area contributed by atoms with E-state index in [1.807, 2.05) is 43.7 Å². The van der Waals surface area contributed by atoms with Gasteiger partial charge in [-0.1, -0.05) is 6.92 Å². The molecule has 4 aromatic rings. The van der Waals surface area contributed by atoms with Gasteiger partial charge in [-0.15, -0.1) is 10.2 Å². The Kier molecular flexibility index (Phi) is 4.57. The third-order valence-electron chi connectivity index (χ3n) is 6.36. The molecule has 0 amide bonds. The molecule has 1 saturated heterocycles. The minimum atomic E-state index is -1.08. The highest BCUT2D eigenvalue weighted by molar-refractivity contribution is 5.87. The Morgan fingerprint density at radius 3 is 2.75 bits per heavy atom. The average molecular weight is 438 g/mol. The number of alkyl halides is 1. The number of aryl methyl sites for hydroxylation is 1. The van der Waals surface area contributed by atoms with Gasteiger partial charge < -0.3 is 19.4 Å². The Hall–Kier alpha value is -3.00. The molecule has 0 aliphatic carbocycles. The number of rotatable bonds is 3. The number of hydrogen-bond acceptors (Lipinski definition) is 6. The van der Waals surface area contributed by atoms with Crippen molar-refractivity contribution in [2.45, 2.75) is 70.8 Å². The van der Waals surface area contributed by atoms with E-state index < -0.39 is 11.7 Å². The van der Waals surface area contributed by atoms with E-state index in [0.29, 0.717) is 46.7 Å². The number of aromatic hydroxyl groups is 1. The first-order valence-electron chi connectivity index (χ1n) is 11.0. The molecule has 0 bridgehead atoms. The molecule has 32 heavy (non-hydrogen) atoms. The predicted octanol–water partition coefficient (Wildman–Crippen LogP) is 4.94. The molecule has 5 rings (SSSR count). The Balaban J connectivity index is 1.56. The lowest BCUT2D eigenvalue weighted by Crippen LogP contribution is -2.64.